The first-order valence-corrected chi connectivity index (χ1v) is 10.6. The number of nitrogens with zero attached hydrogens (tertiary/aromatic N) is 2. The average molecular weight is 411 g/mol. The van der Waals surface area contributed by atoms with Crippen LogP contribution in [0.1, 0.15) is 74.7 Å². The van der Waals surface area contributed by atoms with Crippen molar-refractivity contribution in [2.45, 2.75) is 60.0 Å². The van der Waals surface area contributed by atoms with Crippen LogP contribution in [0.5, 0.6) is 0 Å². The first-order valence-electron chi connectivity index (χ1n) is 10.6. The number of rotatable bonds is 8. The maximum atomic E-state index is 13.3. The van der Waals surface area contributed by atoms with Gasteiger partial charge in [0.2, 0.25) is 0 Å². The molecule has 1 heterocycles. The van der Waals surface area contributed by atoms with Crippen molar-refractivity contribution in [2.75, 3.05) is 13.2 Å². The molecule has 160 valence electrons. The number of carbonyl (C=O) groups is 3. The molecule has 2 aromatic rings. The van der Waals surface area contributed by atoms with Gasteiger partial charge in [-0.05, 0) is 65.2 Å². The molecule has 0 bridgehead atoms. The van der Waals surface area contributed by atoms with Crippen molar-refractivity contribution in [3.8, 4) is 0 Å². The summed E-state index contributed by atoms with van der Waals surface area (Å²) in [5.41, 5.74) is 3.97. The molecule has 6 nitrogen and oxygen atoms in total. The fourth-order valence-electron chi connectivity index (χ4n) is 4.01. The van der Waals surface area contributed by atoms with Crippen LogP contribution in [-0.2, 0) is 11.3 Å². The molecule has 1 amide bonds. The highest BCUT2D eigenvalue weighted by molar-refractivity contribution is 6.06. The molecule has 0 radical (unpaired) electrons. The van der Waals surface area contributed by atoms with E-state index in [2.05, 4.69) is 0 Å². The van der Waals surface area contributed by atoms with Crippen LogP contribution in [0.25, 0.3) is 0 Å². The fraction of sp³-hybridized carbons (Fsp3) is 0.458. The number of amides is 1. The Labute approximate surface area is 177 Å². The lowest BCUT2D eigenvalue weighted by molar-refractivity contribution is 0.0512. The zero-order chi connectivity index (χ0) is 22.0. The van der Waals surface area contributed by atoms with Crippen molar-refractivity contribution in [1.29, 1.82) is 0 Å². The minimum absolute atomic E-state index is 0.00898. The predicted octanol–water partition coefficient (Wildman–Crippen LogP) is 4.10. The van der Waals surface area contributed by atoms with Gasteiger partial charge >= 0.3 is 5.97 Å². The lowest BCUT2D eigenvalue weighted by Gasteiger charge is -2.22. The first-order chi connectivity index (χ1) is 14.3. The van der Waals surface area contributed by atoms with Gasteiger partial charge in [-0.15, -0.1) is 0 Å². The smallest absolute Gasteiger partial charge is 0.355 e. The van der Waals surface area contributed by atoms with Gasteiger partial charge in [-0.25, -0.2) is 4.79 Å². The maximum Gasteiger partial charge on any atom is 0.355 e. The third kappa shape index (κ3) is 4.18. The molecule has 0 atom stereocenters. The molecule has 3 rings (SSSR count). The van der Waals surface area contributed by atoms with Gasteiger partial charge in [-0.3, -0.25) is 9.59 Å². The predicted molar refractivity (Wildman–Crippen MR) is 115 cm³/mol. The molecule has 1 fully saturated rings. The summed E-state index contributed by atoms with van der Waals surface area (Å²) < 4.78 is 7.02. The Morgan fingerprint density at radius 3 is 2.23 bits per heavy atom. The van der Waals surface area contributed by atoms with E-state index >= 15 is 0 Å². The van der Waals surface area contributed by atoms with E-state index in [1.54, 1.807) is 30.9 Å². The topological polar surface area (TPSA) is 68.6 Å². The molecule has 6 heteroatoms. The molecule has 1 aromatic heterocycles. The molecule has 0 aliphatic heterocycles. The minimum atomic E-state index is -0.422. The third-order valence-corrected chi connectivity index (χ3v) is 5.69. The van der Waals surface area contributed by atoms with Gasteiger partial charge in [0.25, 0.3) is 5.91 Å². The number of hydrogen-bond donors (Lipinski definition) is 0. The van der Waals surface area contributed by atoms with Crippen LogP contribution >= 0.6 is 0 Å². The van der Waals surface area contributed by atoms with Crippen molar-refractivity contribution in [1.82, 2.24) is 9.47 Å². The highest BCUT2D eigenvalue weighted by Crippen LogP contribution is 2.30. The van der Waals surface area contributed by atoms with E-state index in [9.17, 15) is 14.4 Å². The zero-order valence-corrected chi connectivity index (χ0v) is 18.4. The maximum absolute atomic E-state index is 13.3. The number of benzene rings is 1. The Hall–Kier alpha value is -2.89. The number of esters is 1. The van der Waals surface area contributed by atoms with Gasteiger partial charge in [0.05, 0.1) is 13.2 Å². The van der Waals surface area contributed by atoms with Crippen LogP contribution in [0.4, 0.5) is 0 Å². The number of carbonyl (C=O) groups excluding carboxylic acids is 3. The number of ketones is 1. The molecule has 0 unspecified atom stereocenters. The second-order valence-electron chi connectivity index (χ2n) is 7.85. The van der Waals surface area contributed by atoms with Crippen LogP contribution in [0, 0.1) is 20.8 Å². The Morgan fingerprint density at radius 1 is 1.07 bits per heavy atom. The summed E-state index contributed by atoms with van der Waals surface area (Å²) >= 11 is 0. The summed E-state index contributed by atoms with van der Waals surface area (Å²) in [4.78, 5) is 40.6. The molecule has 1 aromatic carbocycles. The van der Waals surface area contributed by atoms with Crippen LogP contribution < -0.4 is 0 Å². The van der Waals surface area contributed by atoms with E-state index < -0.39 is 5.97 Å². The fourth-order valence-corrected chi connectivity index (χ4v) is 4.01. The van der Waals surface area contributed by atoms with Gasteiger partial charge in [0.1, 0.15) is 5.69 Å². The third-order valence-electron chi connectivity index (χ3n) is 5.69. The summed E-state index contributed by atoms with van der Waals surface area (Å²) in [7, 11) is 0. The summed E-state index contributed by atoms with van der Waals surface area (Å²) in [5, 5.41) is 0. The summed E-state index contributed by atoms with van der Waals surface area (Å²) in [6.45, 7) is 10.1. The van der Waals surface area contributed by atoms with Gasteiger partial charge in [-0.1, -0.05) is 17.7 Å². The molecular formula is C24H30N2O4. The lowest BCUT2D eigenvalue weighted by Crippen LogP contribution is -2.37. The largest absolute Gasteiger partial charge is 0.461 e. The summed E-state index contributed by atoms with van der Waals surface area (Å²) in [5.74, 6) is -0.689. The molecule has 30 heavy (non-hydrogen) atoms. The lowest BCUT2D eigenvalue weighted by atomic mass is 10.0. The molecule has 1 aliphatic rings. The van der Waals surface area contributed by atoms with Crippen LogP contribution in [0.3, 0.4) is 0 Å². The van der Waals surface area contributed by atoms with Gasteiger partial charge in [0, 0.05) is 29.4 Å². The number of Topliss-reactive ketones (excluding diaryl/α,β-unsaturated/α-hetero) is 1. The molecule has 0 N–H and O–H groups in total. The Morgan fingerprint density at radius 2 is 1.70 bits per heavy atom. The van der Waals surface area contributed by atoms with E-state index in [-0.39, 0.29) is 30.9 Å². The Kier molecular flexibility index (Phi) is 6.44. The van der Waals surface area contributed by atoms with Crippen LogP contribution in [0.2, 0.25) is 0 Å². The van der Waals surface area contributed by atoms with Crippen LogP contribution in [0.15, 0.2) is 24.3 Å². The van der Waals surface area contributed by atoms with Gasteiger partial charge < -0.3 is 14.2 Å². The van der Waals surface area contributed by atoms with E-state index in [4.69, 9.17) is 4.74 Å². The van der Waals surface area contributed by atoms with E-state index in [1.165, 1.54) is 0 Å². The van der Waals surface area contributed by atoms with Crippen molar-refractivity contribution in [3.63, 3.8) is 0 Å². The first kappa shape index (κ1) is 21.8. The highest BCUT2D eigenvalue weighted by Gasteiger charge is 2.36. The number of ether oxygens (including phenoxy) is 1. The zero-order valence-electron chi connectivity index (χ0n) is 18.4. The highest BCUT2D eigenvalue weighted by atomic mass is 16.5. The monoisotopic (exact) mass is 410 g/mol. The minimum Gasteiger partial charge on any atom is -0.461 e. The normalized spacial score (nSPS) is 13.2. The number of aromatic nitrogens is 1. The second kappa shape index (κ2) is 8.86. The second-order valence-corrected chi connectivity index (χ2v) is 7.85. The molecule has 1 saturated carbocycles. The molecule has 0 spiro atoms. The average Bonchev–Trinajstić information content (AvgIpc) is 3.51. The summed E-state index contributed by atoms with van der Waals surface area (Å²) in [6, 6.07) is 7.52. The summed E-state index contributed by atoms with van der Waals surface area (Å²) in [6.07, 6.45) is 1.82. The van der Waals surface area contributed by atoms with Crippen LogP contribution in [-0.4, -0.2) is 46.3 Å². The van der Waals surface area contributed by atoms with Crippen molar-refractivity contribution in [2.24, 2.45) is 0 Å². The van der Waals surface area contributed by atoms with E-state index in [1.807, 2.05) is 37.5 Å². The molecule has 0 saturated heterocycles. The van der Waals surface area contributed by atoms with Crippen molar-refractivity contribution in [3.05, 3.63) is 57.9 Å². The van der Waals surface area contributed by atoms with Crippen molar-refractivity contribution >= 4 is 17.7 Å². The van der Waals surface area contributed by atoms with E-state index in [0.29, 0.717) is 28.9 Å². The SMILES string of the molecule is CCOC(=O)c1c(C)c(C(=O)CN(C(=O)c2ccc(C)cc2)C2CC2)c(C)n1CC. The molecular weight excluding hydrogens is 380 g/mol. The van der Waals surface area contributed by atoms with E-state index in [0.717, 1.165) is 24.1 Å². The quantitative estimate of drug-likeness (QED) is 0.485. The Bertz CT molecular complexity index is 968. The standard InChI is InChI=1S/C24H30N2O4/c1-6-25-17(5)21(16(4)22(25)24(29)30-7-2)20(27)14-26(19-12-13-19)23(28)18-10-8-15(3)9-11-18/h8-11,19H,6-7,12-14H2,1-5H3. The Balaban J connectivity index is 1.91. The molecule has 1 aliphatic carbocycles. The van der Waals surface area contributed by atoms with Gasteiger partial charge in [0.15, 0.2) is 5.78 Å². The van der Waals surface area contributed by atoms with Gasteiger partial charge in [-0.2, -0.15) is 0 Å². The number of hydrogen-bond acceptors (Lipinski definition) is 4. The van der Waals surface area contributed by atoms with Crippen molar-refractivity contribution < 1.29 is 19.1 Å². The number of aryl methyl sites for hydroxylation is 1.